The van der Waals surface area contributed by atoms with E-state index in [4.69, 9.17) is 0 Å². The Kier molecular flexibility index (Phi) is 5.33. The van der Waals surface area contributed by atoms with Crippen LogP contribution in [0.3, 0.4) is 0 Å². The molecule has 0 aliphatic carbocycles. The summed E-state index contributed by atoms with van der Waals surface area (Å²) in [5.74, 6) is -2.42. The Bertz CT molecular complexity index is 798. The van der Waals surface area contributed by atoms with E-state index in [2.05, 4.69) is 14.2 Å². The molecule has 2 aromatic carbocycles. The zero-order valence-corrected chi connectivity index (χ0v) is 12.9. The largest absolute Gasteiger partial charge is 0.573 e. The lowest BCUT2D eigenvalue weighted by Crippen LogP contribution is -2.19. The normalized spacial score (nSPS) is 11.8. The fraction of sp³-hybridized carbons (Fsp3) is 0.188. The summed E-state index contributed by atoms with van der Waals surface area (Å²) in [4.78, 5) is 11.7. The number of hydrogen-bond donors (Lipinski definition) is 0. The third kappa shape index (κ3) is 5.30. The van der Waals surface area contributed by atoms with Crippen molar-refractivity contribution in [2.75, 3.05) is 7.11 Å². The number of ether oxygens (including phenoxy) is 3. The molecule has 0 bridgehead atoms. The summed E-state index contributed by atoms with van der Waals surface area (Å²) < 4.78 is 86.1. The van der Waals surface area contributed by atoms with Crippen LogP contribution >= 0.6 is 0 Å². The molecular formula is C16H10F6O4. The molecule has 0 unspecified atom stereocenters. The Morgan fingerprint density at radius 2 is 1.46 bits per heavy atom. The van der Waals surface area contributed by atoms with Gasteiger partial charge in [-0.3, -0.25) is 0 Å². The van der Waals surface area contributed by atoms with Crippen molar-refractivity contribution in [3.05, 3.63) is 48.0 Å². The van der Waals surface area contributed by atoms with Crippen LogP contribution in [-0.4, -0.2) is 25.8 Å². The maximum atomic E-state index is 12.4. The van der Waals surface area contributed by atoms with Crippen LogP contribution in [-0.2, 0) is 4.74 Å². The standard InChI is InChI=1S/C16H10F6O4/c1-24-14(23)12-8-10(5-6-13(12)26-16(20,21)22)9-3-2-4-11(7-9)25-15(17,18)19/h2-8H,1H3. The van der Waals surface area contributed by atoms with Gasteiger partial charge in [-0.1, -0.05) is 18.2 Å². The van der Waals surface area contributed by atoms with Crippen molar-refractivity contribution >= 4 is 5.97 Å². The second kappa shape index (κ2) is 7.14. The number of methoxy groups -OCH3 is 1. The lowest BCUT2D eigenvalue weighted by molar-refractivity contribution is -0.275. The highest BCUT2D eigenvalue weighted by Crippen LogP contribution is 2.33. The molecule has 0 amide bonds. The third-order valence-electron chi connectivity index (χ3n) is 3.01. The monoisotopic (exact) mass is 380 g/mol. The van der Waals surface area contributed by atoms with Crippen LogP contribution < -0.4 is 9.47 Å². The maximum Gasteiger partial charge on any atom is 0.573 e. The number of carbonyl (C=O) groups excluding carboxylic acids is 1. The quantitative estimate of drug-likeness (QED) is 0.557. The molecule has 0 N–H and O–H groups in total. The SMILES string of the molecule is COC(=O)c1cc(-c2cccc(OC(F)(F)F)c2)ccc1OC(F)(F)F. The Balaban J connectivity index is 2.45. The van der Waals surface area contributed by atoms with Crippen LogP contribution in [0.5, 0.6) is 11.5 Å². The Morgan fingerprint density at radius 1 is 0.846 bits per heavy atom. The molecule has 0 aliphatic heterocycles. The van der Waals surface area contributed by atoms with Crippen molar-refractivity contribution in [2.24, 2.45) is 0 Å². The zero-order valence-electron chi connectivity index (χ0n) is 12.9. The highest BCUT2D eigenvalue weighted by molar-refractivity contribution is 5.94. The van der Waals surface area contributed by atoms with E-state index in [-0.39, 0.29) is 11.1 Å². The Hall–Kier alpha value is -2.91. The molecule has 4 nitrogen and oxygen atoms in total. The molecule has 0 spiro atoms. The van der Waals surface area contributed by atoms with E-state index in [9.17, 15) is 31.1 Å². The number of hydrogen-bond acceptors (Lipinski definition) is 4. The van der Waals surface area contributed by atoms with Crippen LogP contribution in [0.4, 0.5) is 26.3 Å². The molecule has 10 heteroatoms. The van der Waals surface area contributed by atoms with Crippen LogP contribution in [0.2, 0.25) is 0 Å². The van der Waals surface area contributed by atoms with Crippen LogP contribution in [0, 0.1) is 0 Å². The molecule has 140 valence electrons. The maximum absolute atomic E-state index is 12.4. The number of carbonyl (C=O) groups is 1. The lowest BCUT2D eigenvalue weighted by atomic mass is 10.0. The van der Waals surface area contributed by atoms with Gasteiger partial charge in [0.15, 0.2) is 0 Å². The van der Waals surface area contributed by atoms with Gasteiger partial charge in [-0.15, -0.1) is 26.3 Å². The molecule has 2 rings (SSSR count). The summed E-state index contributed by atoms with van der Waals surface area (Å²) in [7, 11) is 0.962. The summed E-state index contributed by atoms with van der Waals surface area (Å²) in [6.45, 7) is 0. The molecule has 0 heterocycles. The fourth-order valence-electron chi connectivity index (χ4n) is 2.07. The minimum Gasteiger partial charge on any atom is -0.465 e. The van der Waals surface area contributed by atoms with Crippen molar-refractivity contribution < 1.29 is 45.3 Å². The van der Waals surface area contributed by atoms with Crippen LogP contribution in [0.15, 0.2) is 42.5 Å². The minimum atomic E-state index is -5.04. The summed E-state index contributed by atoms with van der Waals surface area (Å²) >= 11 is 0. The zero-order chi connectivity index (χ0) is 19.5. The van der Waals surface area contributed by atoms with Gasteiger partial charge in [-0.05, 0) is 35.4 Å². The fourth-order valence-corrected chi connectivity index (χ4v) is 2.07. The molecule has 0 aromatic heterocycles. The van der Waals surface area contributed by atoms with Gasteiger partial charge < -0.3 is 14.2 Å². The summed E-state index contributed by atoms with van der Waals surface area (Å²) in [5, 5.41) is 0. The second-order valence-corrected chi connectivity index (χ2v) is 4.83. The molecular weight excluding hydrogens is 370 g/mol. The van der Waals surface area contributed by atoms with Crippen molar-refractivity contribution in [2.45, 2.75) is 12.7 Å². The first kappa shape index (κ1) is 19.4. The average Bonchev–Trinajstić information content (AvgIpc) is 2.51. The molecule has 0 aliphatic rings. The van der Waals surface area contributed by atoms with Gasteiger partial charge in [0.25, 0.3) is 0 Å². The number of rotatable bonds is 4. The summed E-state index contributed by atoms with van der Waals surface area (Å²) in [6, 6.07) is 7.76. The van der Waals surface area contributed by atoms with Gasteiger partial charge in [0.2, 0.25) is 0 Å². The highest BCUT2D eigenvalue weighted by atomic mass is 19.4. The number of esters is 1. The van der Waals surface area contributed by atoms with E-state index < -0.39 is 35.8 Å². The summed E-state index contributed by atoms with van der Waals surface area (Å²) in [5.41, 5.74) is -0.201. The first-order valence-corrected chi connectivity index (χ1v) is 6.83. The van der Waals surface area contributed by atoms with Crippen LogP contribution in [0.25, 0.3) is 11.1 Å². The summed E-state index contributed by atoms with van der Waals surface area (Å²) in [6.07, 6.45) is -9.94. The smallest absolute Gasteiger partial charge is 0.465 e. The predicted molar refractivity (Wildman–Crippen MR) is 76.6 cm³/mol. The topological polar surface area (TPSA) is 44.8 Å². The van der Waals surface area contributed by atoms with Crippen molar-refractivity contribution in [1.29, 1.82) is 0 Å². The molecule has 0 saturated carbocycles. The molecule has 26 heavy (non-hydrogen) atoms. The Morgan fingerprint density at radius 3 is 2.04 bits per heavy atom. The van der Waals surface area contributed by atoms with Crippen molar-refractivity contribution in [3.8, 4) is 22.6 Å². The van der Waals surface area contributed by atoms with E-state index in [0.29, 0.717) is 0 Å². The van der Waals surface area contributed by atoms with E-state index in [1.807, 2.05) is 0 Å². The average molecular weight is 380 g/mol. The van der Waals surface area contributed by atoms with E-state index in [1.165, 1.54) is 12.1 Å². The van der Waals surface area contributed by atoms with Gasteiger partial charge in [0.05, 0.1) is 7.11 Å². The molecule has 0 radical (unpaired) electrons. The molecule has 0 fully saturated rings. The predicted octanol–water partition coefficient (Wildman–Crippen LogP) is 4.94. The van der Waals surface area contributed by atoms with Gasteiger partial charge in [-0.2, -0.15) is 0 Å². The number of alkyl halides is 6. The third-order valence-corrected chi connectivity index (χ3v) is 3.01. The second-order valence-electron chi connectivity index (χ2n) is 4.83. The van der Waals surface area contributed by atoms with E-state index in [1.54, 1.807) is 0 Å². The molecule has 2 aromatic rings. The first-order chi connectivity index (χ1) is 12.0. The van der Waals surface area contributed by atoms with E-state index >= 15 is 0 Å². The van der Waals surface area contributed by atoms with Gasteiger partial charge in [0, 0.05) is 0 Å². The van der Waals surface area contributed by atoms with Crippen molar-refractivity contribution in [1.82, 2.24) is 0 Å². The lowest BCUT2D eigenvalue weighted by Gasteiger charge is -2.14. The first-order valence-electron chi connectivity index (χ1n) is 6.83. The van der Waals surface area contributed by atoms with Gasteiger partial charge in [-0.25, -0.2) is 4.79 Å². The molecule has 0 atom stereocenters. The number of halogens is 6. The van der Waals surface area contributed by atoms with E-state index in [0.717, 1.165) is 37.4 Å². The minimum absolute atomic E-state index is 0.160. The highest BCUT2D eigenvalue weighted by Gasteiger charge is 2.33. The molecule has 0 saturated heterocycles. The van der Waals surface area contributed by atoms with Gasteiger partial charge >= 0.3 is 18.7 Å². The Labute approximate surface area is 142 Å². The van der Waals surface area contributed by atoms with Crippen molar-refractivity contribution in [3.63, 3.8) is 0 Å². The number of benzene rings is 2. The van der Waals surface area contributed by atoms with Gasteiger partial charge in [0.1, 0.15) is 17.1 Å². The van der Waals surface area contributed by atoms with Crippen LogP contribution in [0.1, 0.15) is 10.4 Å².